The second-order valence-electron chi connectivity index (χ2n) is 7.40. The number of carbonyl (C=O) groups is 1. The Bertz CT molecular complexity index is 723. The fourth-order valence-electron chi connectivity index (χ4n) is 2.78. The molecule has 0 saturated heterocycles. The van der Waals surface area contributed by atoms with Crippen molar-refractivity contribution in [3.63, 3.8) is 0 Å². The predicted molar refractivity (Wildman–Crippen MR) is 110 cm³/mol. The van der Waals surface area contributed by atoms with Crippen LogP contribution in [0.4, 0.5) is 0 Å². The molecule has 0 radical (unpaired) electrons. The van der Waals surface area contributed by atoms with Crippen molar-refractivity contribution in [2.24, 2.45) is 0 Å². The summed E-state index contributed by atoms with van der Waals surface area (Å²) in [6.07, 6.45) is 0.678. The maximum absolute atomic E-state index is 12.8. The van der Waals surface area contributed by atoms with Crippen molar-refractivity contribution in [1.29, 1.82) is 0 Å². The highest BCUT2D eigenvalue weighted by Crippen LogP contribution is 2.35. The van der Waals surface area contributed by atoms with Crippen LogP contribution in [0.15, 0.2) is 29.6 Å². The van der Waals surface area contributed by atoms with E-state index in [0.717, 1.165) is 17.7 Å². The van der Waals surface area contributed by atoms with Gasteiger partial charge in [0.2, 0.25) is 5.78 Å². The highest BCUT2D eigenvalue weighted by atomic mass is 35.5. The molecule has 0 atom stereocenters. The summed E-state index contributed by atoms with van der Waals surface area (Å²) in [7, 11) is 1.94. The highest BCUT2D eigenvalue weighted by molar-refractivity contribution is 7.12. The summed E-state index contributed by atoms with van der Waals surface area (Å²) in [6, 6.07) is 7.30. The minimum atomic E-state index is -0.270. The number of hydrogen-bond acceptors (Lipinski definition) is 5. The summed E-state index contributed by atoms with van der Waals surface area (Å²) in [5.41, 5.74) is 1.86. The molecule has 0 bridgehead atoms. The van der Waals surface area contributed by atoms with E-state index in [2.05, 4.69) is 0 Å². The van der Waals surface area contributed by atoms with Crippen molar-refractivity contribution in [2.75, 3.05) is 20.2 Å². The summed E-state index contributed by atoms with van der Waals surface area (Å²) in [6.45, 7) is 7.48. The molecule has 1 heterocycles. The average Bonchev–Trinajstić information content (AvgIpc) is 3.07. The first-order valence-electron chi connectivity index (χ1n) is 8.48. The first kappa shape index (κ1) is 22.6. The Balaban J connectivity index is 0.00000338. The van der Waals surface area contributed by atoms with Crippen molar-refractivity contribution in [2.45, 2.75) is 39.2 Å². The number of benzene rings is 1. The van der Waals surface area contributed by atoms with Crippen molar-refractivity contribution >= 4 is 29.5 Å². The van der Waals surface area contributed by atoms with Crippen LogP contribution < -0.4 is 0 Å². The number of phenols is 1. The van der Waals surface area contributed by atoms with Gasteiger partial charge in [-0.3, -0.25) is 4.79 Å². The van der Waals surface area contributed by atoms with Crippen molar-refractivity contribution in [1.82, 2.24) is 4.90 Å². The van der Waals surface area contributed by atoms with Gasteiger partial charge < -0.3 is 15.1 Å². The van der Waals surface area contributed by atoms with E-state index in [9.17, 15) is 9.90 Å². The number of rotatable bonds is 7. The molecule has 0 fully saturated rings. The number of aliphatic hydroxyl groups is 1. The maximum Gasteiger partial charge on any atom is 0.202 e. The zero-order valence-electron chi connectivity index (χ0n) is 15.8. The second kappa shape index (κ2) is 9.51. The Labute approximate surface area is 165 Å². The number of ketones is 1. The van der Waals surface area contributed by atoms with E-state index in [1.165, 1.54) is 11.3 Å². The summed E-state index contributed by atoms with van der Waals surface area (Å²) in [5.74, 6) is 0.242. The van der Waals surface area contributed by atoms with Crippen LogP contribution in [-0.2, 0) is 12.0 Å². The van der Waals surface area contributed by atoms with Gasteiger partial charge in [-0.25, -0.2) is 0 Å². The van der Waals surface area contributed by atoms with E-state index < -0.39 is 0 Å². The van der Waals surface area contributed by atoms with Crippen LogP contribution in [0.1, 0.15) is 53.6 Å². The molecular weight excluding hydrogens is 370 g/mol. The normalized spacial score (nSPS) is 11.5. The minimum Gasteiger partial charge on any atom is -0.507 e. The van der Waals surface area contributed by atoms with Gasteiger partial charge in [-0.2, -0.15) is 0 Å². The highest BCUT2D eigenvalue weighted by Gasteiger charge is 2.24. The largest absolute Gasteiger partial charge is 0.507 e. The molecular formula is C20H28ClNO3S. The zero-order valence-corrected chi connectivity index (χ0v) is 17.4. The summed E-state index contributed by atoms with van der Waals surface area (Å²) in [4.78, 5) is 15.5. The van der Waals surface area contributed by atoms with Gasteiger partial charge in [0.25, 0.3) is 0 Å². The second-order valence-corrected chi connectivity index (χ2v) is 8.35. The number of phenolic OH excluding ortho intramolecular Hbond substituents is 1. The minimum absolute atomic E-state index is 0. The predicted octanol–water partition coefficient (Wildman–Crippen LogP) is 4.22. The third kappa shape index (κ3) is 5.55. The lowest BCUT2D eigenvalue weighted by Crippen LogP contribution is -2.21. The SMILES string of the molecule is CN(CCCO)Cc1cc(C(=O)c2cccs2)cc(C(C)(C)C)c1O.Cl. The molecule has 0 aliphatic heterocycles. The summed E-state index contributed by atoms with van der Waals surface area (Å²) < 4.78 is 0. The lowest BCUT2D eigenvalue weighted by molar-refractivity contribution is 0.104. The van der Waals surface area contributed by atoms with Crippen LogP contribution in [-0.4, -0.2) is 41.1 Å². The number of thiophene rings is 1. The molecule has 0 amide bonds. The average molecular weight is 398 g/mol. The molecule has 0 aliphatic rings. The Kier molecular flexibility index (Phi) is 8.28. The monoisotopic (exact) mass is 397 g/mol. The number of carbonyl (C=O) groups excluding carboxylic acids is 1. The fourth-order valence-corrected chi connectivity index (χ4v) is 3.46. The molecule has 0 spiro atoms. The smallest absolute Gasteiger partial charge is 0.202 e. The molecule has 2 N–H and O–H groups in total. The Hall–Kier alpha value is -1.40. The van der Waals surface area contributed by atoms with E-state index >= 15 is 0 Å². The van der Waals surface area contributed by atoms with Crippen LogP contribution in [0, 0.1) is 0 Å². The van der Waals surface area contributed by atoms with Crippen molar-refractivity contribution in [3.8, 4) is 5.75 Å². The third-order valence-corrected chi connectivity index (χ3v) is 5.01. The van der Waals surface area contributed by atoms with Crippen LogP contribution in [0.2, 0.25) is 0 Å². The van der Waals surface area contributed by atoms with E-state index in [-0.39, 0.29) is 36.0 Å². The Morgan fingerprint density at radius 1 is 1.27 bits per heavy atom. The summed E-state index contributed by atoms with van der Waals surface area (Å²) in [5, 5.41) is 21.6. The number of aliphatic hydroxyl groups excluding tert-OH is 1. The van der Waals surface area contributed by atoms with E-state index in [4.69, 9.17) is 5.11 Å². The van der Waals surface area contributed by atoms with Gasteiger partial charge in [-0.1, -0.05) is 26.8 Å². The molecule has 0 unspecified atom stereocenters. The van der Waals surface area contributed by atoms with Crippen LogP contribution in [0.25, 0.3) is 0 Å². The van der Waals surface area contributed by atoms with Gasteiger partial charge in [0.15, 0.2) is 0 Å². The molecule has 0 saturated carbocycles. The van der Waals surface area contributed by atoms with Gasteiger partial charge in [-0.05, 0) is 42.5 Å². The Morgan fingerprint density at radius 3 is 2.50 bits per heavy atom. The number of nitrogens with zero attached hydrogens (tertiary/aromatic N) is 1. The number of aromatic hydroxyl groups is 1. The first-order valence-corrected chi connectivity index (χ1v) is 9.36. The topological polar surface area (TPSA) is 60.8 Å². The van der Waals surface area contributed by atoms with E-state index in [0.29, 0.717) is 23.4 Å². The third-order valence-electron chi connectivity index (χ3n) is 4.14. The van der Waals surface area contributed by atoms with Gasteiger partial charge in [0, 0.05) is 36.4 Å². The standard InChI is InChI=1S/C20H27NO3S.ClH/c1-20(2,3)16-12-14(19(24)17-7-5-10-25-17)11-15(18(16)23)13-21(4)8-6-9-22;/h5,7,10-12,22-23H,6,8-9,13H2,1-4H3;1H. The van der Waals surface area contributed by atoms with Crippen LogP contribution >= 0.6 is 23.7 Å². The van der Waals surface area contributed by atoms with Crippen molar-refractivity contribution < 1.29 is 15.0 Å². The van der Waals surface area contributed by atoms with Gasteiger partial charge >= 0.3 is 0 Å². The first-order chi connectivity index (χ1) is 11.7. The summed E-state index contributed by atoms with van der Waals surface area (Å²) >= 11 is 1.42. The fraction of sp³-hybridized carbons (Fsp3) is 0.450. The Morgan fingerprint density at radius 2 is 1.96 bits per heavy atom. The quantitative estimate of drug-likeness (QED) is 0.687. The van der Waals surface area contributed by atoms with Gasteiger partial charge in [0.1, 0.15) is 5.75 Å². The molecule has 2 rings (SSSR count). The zero-order chi connectivity index (χ0) is 18.6. The number of hydrogen-bond donors (Lipinski definition) is 2. The molecule has 2 aromatic rings. The van der Waals surface area contributed by atoms with Crippen LogP contribution in [0.5, 0.6) is 5.75 Å². The molecule has 144 valence electrons. The maximum atomic E-state index is 12.8. The lowest BCUT2D eigenvalue weighted by Gasteiger charge is -2.25. The molecule has 4 nitrogen and oxygen atoms in total. The van der Waals surface area contributed by atoms with Gasteiger partial charge in [0.05, 0.1) is 4.88 Å². The molecule has 1 aromatic carbocycles. The van der Waals surface area contributed by atoms with E-state index in [1.54, 1.807) is 6.07 Å². The van der Waals surface area contributed by atoms with E-state index in [1.807, 2.05) is 56.3 Å². The van der Waals surface area contributed by atoms with Gasteiger partial charge in [-0.15, -0.1) is 23.7 Å². The molecule has 26 heavy (non-hydrogen) atoms. The number of halogens is 1. The molecule has 0 aliphatic carbocycles. The van der Waals surface area contributed by atoms with Crippen molar-refractivity contribution in [3.05, 3.63) is 51.2 Å². The van der Waals surface area contributed by atoms with Crippen LogP contribution in [0.3, 0.4) is 0 Å². The molecule has 1 aromatic heterocycles. The molecule has 6 heteroatoms. The lowest BCUT2D eigenvalue weighted by atomic mass is 9.83.